The fourth-order valence-electron chi connectivity index (χ4n) is 3.31. The van der Waals surface area contributed by atoms with Crippen molar-refractivity contribution in [1.82, 2.24) is 9.97 Å². The van der Waals surface area contributed by atoms with Crippen LogP contribution in [0.2, 0.25) is 0 Å². The molecule has 0 aromatic carbocycles. The molecule has 1 aromatic heterocycles. The summed E-state index contributed by atoms with van der Waals surface area (Å²) in [6.07, 6.45) is 6.19. The minimum absolute atomic E-state index is 0.464. The topological polar surface area (TPSA) is 55.0 Å². The first-order valence-corrected chi connectivity index (χ1v) is 7.97. The van der Waals surface area contributed by atoms with Crippen LogP contribution in [0, 0.1) is 12.3 Å². The molecule has 0 unspecified atom stereocenters. The lowest BCUT2D eigenvalue weighted by molar-refractivity contribution is 0.301. The Morgan fingerprint density at radius 3 is 2.50 bits per heavy atom. The zero-order valence-electron chi connectivity index (χ0n) is 12.9. The average Bonchev–Trinajstić information content (AvgIpc) is 3.22. The Balaban J connectivity index is 1.90. The number of anilines is 2. The van der Waals surface area contributed by atoms with Gasteiger partial charge in [-0.2, -0.15) is 0 Å². The number of rotatable bonds is 4. The highest BCUT2D eigenvalue weighted by Gasteiger charge is 2.37. The van der Waals surface area contributed by atoms with E-state index in [2.05, 4.69) is 30.7 Å². The van der Waals surface area contributed by atoms with Crippen molar-refractivity contribution >= 4 is 11.6 Å². The van der Waals surface area contributed by atoms with Crippen LogP contribution in [-0.2, 0) is 0 Å². The Labute approximate surface area is 121 Å². The molecule has 0 radical (unpaired) electrons. The molecule has 4 heteroatoms. The Morgan fingerprint density at radius 2 is 1.95 bits per heavy atom. The first-order valence-electron chi connectivity index (χ1n) is 7.97. The van der Waals surface area contributed by atoms with Crippen molar-refractivity contribution in [2.45, 2.75) is 58.8 Å². The summed E-state index contributed by atoms with van der Waals surface area (Å²) >= 11 is 0. The van der Waals surface area contributed by atoms with E-state index in [1.165, 1.54) is 32.1 Å². The van der Waals surface area contributed by atoms with E-state index in [1.807, 2.05) is 0 Å². The molecule has 0 spiro atoms. The maximum absolute atomic E-state index is 6.11. The Kier molecular flexibility index (Phi) is 3.35. The third-order valence-corrected chi connectivity index (χ3v) is 5.36. The average molecular weight is 274 g/mol. The van der Waals surface area contributed by atoms with Gasteiger partial charge in [-0.1, -0.05) is 13.8 Å². The fourth-order valence-corrected chi connectivity index (χ4v) is 3.31. The smallest absolute Gasteiger partial charge is 0.137 e. The number of hydrogen-bond acceptors (Lipinski definition) is 4. The summed E-state index contributed by atoms with van der Waals surface area (Å²) in [6.45, 7) is 8.89. The molecule has 1 saturated heterocycles. The highest BCUT2D eigenvalue weighted by atomic mass is 15.2. The van der Waals surface area contributed by atoms with E-state index in [1.54, 1.807) is 0 Å². The molecule has 0 amide bonds. The van der Waals surface area contributed by atoms with Crippen LogP contribution in [0.25, 0.3) is 0 Å². The second kappa shape index (κ2) is 4.90. The van der Waals surface area contributed by atoms with Crippen LogP contribution in [0.1, 0.15) is 63.3 Å². The van der Waals surface area contributed by atoms with Gasteiger partial charge in [-0.05, 0) is 44.4 Å². The molecule has 1 saturated carbocycles. The van der Waals surface area contributed by atoms with Crippen LogP contribution in [0.15, 0.2) is 0 Å². The van der Waals surface area contributed by atoms with Crippen molar-refractivity contribution in [2.75, 3.05) is 23.7 Å². The van der Waals surface area contributed by atoms with Gasteiger partial charge in [0, 0.05) is 24.6 Å². The molecule has 0 bridgehead atoms. The van der Waals surface area contributed by atoms with Crippen LogP contribution in [0.5, 0.6) is 0 Å². The zero-order chi connectivity index (χ0) is 14.3. The second-order valence-corrected chi connectivity index (χ2v) is 6.57. The third-order valence-electron chi connectivity index (χ3n) is 5.36. The third kappa shape index (κ3) is 2.25. The largest absolute Gasteiger partial charge is 0.383 e. The number of nitrogen functional groups attached to an aromatic ring is 1. The number of aromatic nitrogens is 2. The standard InChI is InChI=1S/C16H26N4/c1-4-16(5-2)8-9-20(10-16)15-11(3)13(17)18-14(19-15)12-6-7-12/h12H,4-10H2,1-3H3,(H2,17,18,19). The predicted octanol–water partition coefficient (Wildman–Crippen LogP) is 3.26. The lowest BCUT2D eigenvalue weighted by Gasteiger charge is -2.27. The first-order chi connectivity index (χ1) is 9.58. The molecule has 1 aromatic rings. The SMILES string of the molecule is CCC1(CC)CCN(c2nc(C3CC3)nc(N)c2C)C1. The molecule has 1 aliphatic carbocycles. The van der Waals surface area contributed by atoms with E-state index in [0.717, 1.165) is 30.3 Å². The molecular formula is C16H26N4. The fraction of sp³-hybridized carbons (Fsp3) is 0.750. The van der Waals surface area contributed by atoms with Gasteiger partial charge < -0.3 is 10.6 Å². The summed E-state index contributed by atoms with van der Waals surface area (Å²) in [4.78, 5) is 11.8. The molecule has 20 heavy (non-hydrogen) atoms. The van der Waals surface area contributed by atoms with Gasteiger partial charge in [0.25, 0.3) is 0 Å². The van der Waals surface area contributed by atoms with Gasteiger partial charge in [-0.25, -0.2) is 9.97 Å². The van der Waals surface area contributed by atoms with Crippen LogP contribution in [0.4, 0.5) is 11.6 Å². The van der Waals surface area contributed by atoms with Gasteiger partial charge in [0.2, 0.25) is 0 Å². The molecule has 0 atom stereocenters. The molecule has 4 nitrogen and oxygen atoms in total. The van der Waals surface area contributed by atoms with Crippen molar-refractivity contribution in [3.05, 3.63) is 11.4 Å². The molecule has 2 N–H and O–H groups in total. The van der Waals surface area contributed by atoms with Crippen molar-refractivity contribution in [1.29, 1.82) is 0 Å². The van der Waals surface area contributed by atoms with Crippen molar-refractivity contribution in [3.8, 4) is 0 Å². The molecule has 110 valence electrons. The number of nitrogens with zero attached hydrogens (tertiary/aromatic N) is 3. The Bertz CT molecular complexity index is 503. The Hall–Kier alpha value is -1.32. The van der Waals surface area contributed by atoms with Crippen LogP contribution in [0.3, 0.4) is 0 Å². The van der Waals surface area contributed by atoms with E-state index in [-0.39, 0.29) is 0 Å². The maximum atomic E-state index is 6.11. The van der Waals surface area contributed by atoms with Gasteiger partial charge in [0.15, 0.2) is 0 Å². The van der Waals surface area contributed by atoms with Crippen LogP contribution in [-0.4, -0.2) is 23.1 Å². The van der Waals surface area contributed by atoms with Crippen molar-refractivity contribution in [2.24, 2.45) is 5.41 Å². The first kappa shape index (κ1) is 13.7. The van der Waals surface area contributed by atoms with E-state index >= 15 is 0 Å². The van der Waals surface area contributed by atoms with Gasteiger partial charge >= 0.3 is 0 Å². The van der Waals surface area contributed by atoms with Gasteiger partial charge in [0.1, 0.15) is 17.5 Å². The second-order valence-electron chi connectivity index (χ2n) is 6.57. The van der Waals surface area contributed by atoms with Crippen molar-refractivity contribution in [3.63, 3.8) is 0 Å². The van der Waals surface area contributed by atoms with E-state index < -0.39 is 0 Å². The number of hydrogen-bond donors (Lipinski definition) is 1. The van der Waals surface area contributed by atoms with Crippen molar-refractivity contribution < 1.29 is 0 Å². The van der Waals surface area contributed by atoms with Gasteiger partial charge in [0.05, 0.1) is 0 Å². The molecule has 3 rings (SSSR count). The quantitative estimate of drug-likeness (QED) is 0.915. The minimum atomic E-state index is 0.464. The lowest BCUT2D eigenvalue weighted by Crippen LogP contribution is -2.28. The summed E-state index contributed by atoms with van der Waals surface area (Å²) in [5.74, 6) is 3.28. The predicted molar refractivity (Wildman–Crippen MR) is 83.0 cm³/mol. The van der Waals surface area contributed by atoms with Crippen LogP contribution >= 0.6 is 0 Å². The normalized spacial score (nSPS) is 21.4. The lowest BCUT2D eigenvalue weighted by atomic mass is 9.82. The monoisotopic (exact) mass is 274 g/mol. The number of nitrogens with two attached hydrogens (primary N) is 1. The molecule has 2 fully saturated rings. The minimum Gasteiger partial charge on any atom is -0.383 e. The van der Waals surface area contributed by atoms with E-state index in [0.29, 0.717) is 17.2 Å². The van der Waals surface area contributed by atoms with E-state index in [9.17, 15) is 0 Å². The van der Waals surface area contributed by atoms with E-state index in [4.69, 9.17) is 10.7 Å². The Morgan fingerprint density at radius 1 is 1.25 bits per heavy atom. The van der Waals surface area contributed by atoms with Crippen LogP contribution < -0.4 is 10.6 Å². The summed E-state index contributed by atoms with van der Waals surface area (Å²) in [5.41, 5.74) is 7.63. The summed E-state index contributed by atoms with van der Waals surface area (Å²) < 4.78 is 0. The summed E-state index contributed by atoms with van der Waals surface area (Å²) in [5, 5.41) is 0. The molecule has 2 heterocycles. The summed E-state index contributed by atoms with van der Waals surface area (Å²) in [7, 11) is 0. The maximum Gasteiger partial charge on any atom is 0.137 e. The zero-order valence-corrected chi connectivity index (χ0v) is 12.9. The van der Waals surface area contributed by atoms with Gasteiger partial charge in [-0.3, -0.25) is 0 Å². The van der Waals surface area contributed by atoms with Gasteiger partial charge in [-0.15, -0.1) is 0 Å². The molecule has 1 aliphatic heterocycles. The molecule has 2 aliphatic rings. The molecular weight excluding hydrogens is 248 g/mol. The highest BCUT2D eigenvalue weighted by molar-refractivity contribution is 5.57. The highest BCUT2D eigenvalue weighted by Crippen LogP contribution is 2.42. The summed E-state index contributed by atoms with van der Waals surface area (Å²) in [6, 6.07) is 0.